The molecular weight excluding hydrogens is 202 g/mol. The van der Waals surface area contributed by atoms with Gasteiger partial charge in [-0.25, -0.2) is 0 Å². The maximum Gasteiger partial charge on any atom is 0.164 e. The van der Waals surface area contributed by atoms with Gasteiger partial charge in [0.05, 0.1) is 6.04 Å². The molecule has 2 atom stereocenters. The molecule has 1 saturated heterocycles. The van der Waals surface area contributed by atoms with Crippen LogP contribution < -0.4 is 4.74 Å². The number of benzene rings is 1. The molecule has 86 valence electrons. The first-order valence-electron chi connectivity index (χ1n) is 5.92. The minimum atomic E-state index is 0.282. The number of phenolic OH excluding ortho intramolecular Hbond substituents is 1. The van der Waals surface area contributed by atoms with E-state index in [1.807, 2.05) is 6.07 Å². The monoisotopic (exact) mass is 219 g/mol. The second kappa shape index (κ2) is 3.67. The van der Waals surface area contributed by atoms with E-state index in [1.54, 1.807) is 6.07 Å². The molecule has 0 aliphatic carbocycles. The van der Waals surface area contributed by atoms with Crippen molar-refractivity contribution in [3.05, 3.63) is 23.8 Å². The molecule has 3 rings (SSSR count). The summed E-state index contributed by atoms with van der Waals surface area (Å²) >= 11 is 0. The normalized spacial score (nSPS) is 29.1. The van der Waals surface area contributed by atoms with Gasteiger partial charge in [-0.05, 0) is 32.5 Å². The number of para-hydroxylation sites is 1. The maximum atomic E-state index is 9.77. The molecule has 2 aliphatic rings. The van der Waals surface area contributed by atoms with Gasteiger partial charge in [-0.15, -0.1) is 0 Å². The van der Waals surface area contributed by atoms with Gasteiger partial charge in [-0.3, -0.25) is 4.90 Å². The highest BCUT2D eigenvalue weighted by atomic mass is 16.5. The molecule has 0 unspecified atom stereocenters. The summed E-state index contributed by atoms with van der Waals surface area (Å²) in [5.74, 6) is 1.51. The Kier molecular flexibility index (Phi) is 2.28. The van der Waals surface area contributed by atoms with Crippen molar-refractivity contribution in [3.8, 4) is 11.5 Å². The van der Waals surface area contributed by atoms with Crippen molar-refractivity contribution >= 4 is 0 Å². The summed E-state index contributed by atoms with van der Waals surface area (Å²) in [6.45, 7) is 1.85. The van der Waals surface area contributed by atoms with Crippen LogP contribution in [0.3, 0.4) is 0 Å². The summed E-state index contributed by atoms with van der Waals surface area (Å²) < 4.78 is 5.70. The number of hydrogen-bond acceptors (Lipinski definition) is 3. The topological polar surface area (TPSA) is 32.7 Å². The number of fused-ring (bicyclic) bond motifs is 3. The molecule has 0 aromatic heterocycles. The fourth-order valence-electron chi connectivity index (χ4n) is 2.99. The highest BCUT2D eigenvalue weighted by Crippen LogP contribution is 2.44. The first-order valence-corrected chi connectivity index (χ1v) is 5.92. The van der Waals surface area contributed by atoms with Gasteiger partial charge in [0.2, 0.25) is 0 Å². The van der Waals surface area contributed by atoms with Crippen molar-refractivity contribution in [2.24, 2.45) is 0 Å². The van der Waals surface area contributed by atoms with Crippen LogP contribution in [0.25, 0.3) is 0 Å². The number of likely N-dealkylation sites (tertiary alicyclic amines) is 1. The predicted octanol–water partition coefficient (Wildman–Crippen LogP) is 1.96. The molecule has 2 heterocycles. The Morgan fingerprint density at radius 2 is 2.31 bits per heavy atom. The van der Waals surface area contributed by atoms with E-state index in [0.717, 1.165) is 6.54 Å². The molecule has 1 N–H and O–H groups in total. The average Bonchev–Trinajstić information content (AvgIpc) is 2.30. The van der Waals surface area contributed by atoms with Crippen LogP contribution in [-0.4, -0.2) is 36.2 Å². The van der Waals surface area contributed by atoms with Crippen LogP contribution in [0.2, 0.25) is 0 Å². The number of hydrogen-bond donors (Lipinski definition) is 1. The standard InChI is InChI=1S/C13H17NO2/c1-14-7-3-5-9-10-4-2-6-12(15)13(10)16-8-11(9)14/h2,4,6,9,11,15H,3,5,7-8H2,1H3/t9-,11+/m0/s1. The van der Waals surface area contributed by atoms with Gasteiger partial charge < -0.3 is 9.84 Å². The number of ether oxygens (including phenoxy) is 1. The second-order valence-corrected chi connectivity index (χ2v) is 4.80. The highest BCUT2D eigenvalue weighted by Gasteiger charge is 2.36. The maximum absolute atomic E-state index is 9.77. The van der Waals surface area contributed by atoms with Crippen LogP contribution in [-0.2, 0) is 0 Å². The Bertz CT molecular complexity index is 405. The number of likely N-dealkylation sites (N-methyl/N-ethyl adjacent to an activating group) is 1. The van der Waals surface area contributed by atoms with Gasteiger partial charge in [-0.1, -0.05) is 12.1 Å². The quantitative estimate of drug-likeness (QED) is 0.724. The first-order chi connectivity index (χ1) is 7.77. The lowest BCUT2D eigenvalue weighted by molar-refractivity contribution is 0.0849. The lowest BCUT2D eigenvalue weighted by Crippen LogP contribution is -2.47. The third-order valence-corrected chi connectivity index (χ3v) is 3.88. The van der Waals surface area contributed by atoms with Crippen molar-refractivity contribution in [3.63, 3.8) is 0 Å². The molecule has 16 heavy (non-hydrogen) atoms. The average molecular weight is 219 g/mol. The molecule has 0 radical (unpaired) electrons. The van der Waals surface area contributed by atoms with Crippen LogP contribution in [0.5, 0.6) is 11.5 Å². The smallest absolute Gasteiger partial charge is 0.164 e. The fraction of sp³-hybridized carbons (Fsp3) is 0.538. The first kappa shape index (κ1) is 9.97. The number of piperidine rings is 1. The van der Waals surface area contributed by atoms with Gasteiger partial charge in [0.15, 0.2) is 11.5 Å². The summed E-state index contributed by atoms with van der Waals surface area (Å²) in [7, 11) is 2.16. The Morgan fingerprint density at radius 1 is 1.44 bits per heavy atom. The van der Waals surface area contributed by atoms with E-state index in [-0.39, 0.29) is 5.75 Å². The van der Waals surface area contributed by atoms with E-state index in [2.05, 4.69) is 18.0 Å². The molecule has 0 bridgehead atoms. The Morgan fingerprint density at radius 3 is 3.19 bits per heavy atom. The van der Waals surface area contributed by atoms with E-state index in [9.17, 15) is 5.11 Å². The lowest BCUT2D eigenvalue weighted by atomic mass is 9.82. The van der Waals surface area contributed by atoms with E-state index in [0.29, 0.717) is 24.3 Å². The van der Waals surface area contributed by atoms with E-state index < -0.39 is 0 Å². The minimum absolute atomic E-state index is 0.282. The summed E-state index contributed by atoms with van der Waals surface area (Å²) in [5.41, 5.74) is 1.18. The van der Waals surface area contributed by atoms with E-state index in [4.69, 9.17) is 4.74 Å². The molecule has 3 nitrogen and oxygen atoms in total. The Balaban J connectivity index is 2.02. The summed E-state index contributed by atoms with van der Waals surface area (Å²) in [6, 6.07) is 6.17. The largest absolute Gasteiger partial charge is 0.504 e. The predicted molar refractivity (Wildman–Crippen MR) is 62.0 cm³/mol. The summed E-state index contributed by atoms with van der Waals surface area (Å²) in [6.07, 6.45) is 2.43. The fourth-order valence-corrected chi connectivity index (χ4v) is 2.99. The molecule has 1 aromatic carbocycles. The second-order valence-electron chi connectivity index (χ2n) is 4.80. The molecule has 1 fully saturated rings. The molecular formula is C13H17NO2. The van der Waals surface area contributed by atoms with Gasteiger partial charge in [0.25, 0.3) is 0 Å². The van der Waals surface area contributed by atoms with Crippen molar-refractivity contribution in [2.75, 3.05) is 20.2 Å². The zero-order valence-electron chi connectivity index (χ0n) is 9.52. The van der Waals surface area contributed by atoms with Crippen LogP contribution in [0, 0.1) is 0 Å². The van der Waals surface area contributed by atoms with Gasteiger partial charge >= 0.3 is 0 Å². The molecule has 0 spiro atoms. The van der Waals surface area contributed by atoms with Crippen LogP contribution in [0.1, 0.15) is 24.3 Å². The summed E-state index contributed by atoms with van der Waals surface area (Å²) in [4.78, 5) is 2.38. The Hall–Kier alpha value is -1.22. The molecule has 3 heteroatoms. The van der Waals surface area contributed by atoms with Crippen molar-refractivity contribution in [2.45, 2.75) is 24.8 Å². The van der Waals surface area contributed by atoms with Crippen LogP contribution in [0.15, 0.2) is 18.2 Å². The molecule has 2 aliphatic heterocycles. The number of phenols is 1. The number of aromatic hydroxyl groups is 1. The molecule has 0 saturated carbocycles. The third-order valence-electron chi connectivity index (χ3n) is 3.88. The Labute approximate surface area is 95.6 Å². The van der Waals surface area contributed by atoms with Crippen molar-refractivity contribution < 1.29 is 9.84 Å². The number of rotatable bonds is 0. The van der Waals surface area contributed by atoms with Gasteiger partial charge in [0.1, 0.15) is 6.61 Å². The van der Waals surface area contributed by atoms with E-state index in [1.165, 1.54) is 18.4 Å². The molecule has 1 aromatic rings. The van der Waals surface area contributed by atoms with Gasteiger partial charge in [0, 0.05) is 11.5 Å². The zero-order valence-corrected chi connectivity index (χ0v) is 9.52. The van der Waals surface area contributed by atoms with Crippen molar-refractivity contribution in [1.82, 2.24) is 4.90 Å². The number of nitrogens with zero attached hydrogens (tertiary/aromatic N) is 1. The highest BCUT2D eigenvalue weighted by molar-refractivity contribution is 5.49. The zero-order chi connectivity index (χ0) is 11.1. The SMILES string of the molecule is CN1CCC[C@H]2c3cccc(O)c3OC[C@H]21. The summed E-state index contributed by atoms with van der Waals surface area (Å²) in [5, 5.41) is 9.77. The third kappa shape index (κ3) is 1.39. The van der Waals surface area contributed by atoms with Crippen LogP contribution >= 0.6 is 0 Å². The minimum Gasteiger partial charge on any atom is -0.504 e. The van der Waals surface area contributed by atoms with E-state index >= 15 is 0 Å². The lowest BCUT2D eigenvalue weighted by Gasteiger charge is -2.42. The van der Waals surface area contributed by atoms with Crippen LogP contribution in [0.4, 0.5) is 0 Å². The van der Waals surface area contributed by atoms with Crippen molar-refractivity contribution in [1.29, 1.82) is 0 Å². The van der Waals surface area contributed by atoms with Gasteiger partial charge in [-0.2, -0.15) is 0 Å². The molecule has 0 amide bonds.